The van der Waals surface area contributed by atoms with Crippen molar-refractivity contribution in [1.29, 1.82) is 0 Å². The first-order chi connectivity index (χ1) is 12.9. The second-order valence-electron chi connectivity index (χ2n) is 6.15. The van der Waals surface area contributed by atoms with Crippen molar-refractivity contribution in [3.63, 3.8) is 0 Å². The first-order valence-electron chi connectivity index (χ1n) is 8.12. The Balaban J connectivity index is 2.47. The van der Waals surface area contributed by atoms with E-state index in [0.717, 1.165) is 0 Å². The molecular weight excluding hydrogens is 391 g/mol. The molecule has 0 heterocycles. The topological polar surface area (TPSA) is 20.3 Å². The number of hydrogen-bond donors (Lipinski definition) is 0. The minimum absolute atomic E-state index is 0.296. The highest BCUT2D eigenvalue weighted by Gasteiger charge is 2.77. The van der Waals surface area contributed by atoms with E-state index in [-0.39, 0.29) is 0 Å². The molecule has 2 rings (SSSR count). The smallest absolute Gasteiger partial charge is 0.326 e. The predicted molar refractivity (Wildman–Crippen MR) is 87.8 cm³/mol. The largest absolute Gasteiger partial charge is 0.460 e. The number of halogens is 7. The lowest BCUT2D eigenvalue weighted by molar-refractivity contribution is -0.346. The van der Waals surface area contributed by atoms with Gasteiger partial charge in [-0.2, -0.15) is 30.7 Å². The fourth-order valence-electron chi connectivity index (χ4n) is 2.57. The van der Waals surface area contributed by atoms with Crippen LogP contribution < -0.4 is 0 Å². The van der Waals surface area contributed by atoms with Crippen LogP contribution in [0, 0.1) is 0 Å². The Kier molecular flexibility index (Phi) is 6.06. The maximum absolute atomic E-state index is 14.1. The second kappa shape index (κ2) is 7.81. The third-order valence-corrected chi connectivity index (χ3v) is 4.23. The van der Waals surface area contributed by atoms with E-state index >= 15 is 0 Å². The fraction of sp³-hybridized carbons (Fsp3) is 0.316. The Labute approximate surface area is 156 Å². The molecule has 0 bridgehead atoms. The standard InChI is InChI=1S/C19H16F7NO/c1-13(15-10-6-3-7-11-15)27(12-14-8-4-2-5-9-14)16(28)17(20,21)18(22,23)19(24,25)26/h2-11,13H,12H2,1H3. The maximum Gasteiger partial charge on any atom is 0.460 e. The average molecular weight is 407 g/mol. The van der Waals surface area contributed by atoms with Gasteiger partial charge in [0, 0.05) is 6.54 Å². The number of benzene rings is 2. The highest BCUT2D eigenvalue weighted by molar-refractivity contribution is 5.85. The molecule has 28 heavy (non-hydrogen) atoms. The Hall–Kier alpha value is -2.58. The van der Waals surface area contributed by atoms with E-state index < -0.39 is 36.5 Å². The zero-order valence-electron chi connectivity index (χ0n) is 14.6. The molecule has 0 spiro atoms. The van der Waals surface area contributed by atoms with E-state index in [4.69, 9.17) is 0 Å². The number of hydrogen-bond acceptors (Lipinski definition) is 1. The Bertz CT molecular complexity index is 791. The average Bonchev–Trinajstić information content (AvgIpc) is 2.65. The maximum atomic E-state index is 14.1. The number of nitrogens with zero attached hydrogens (tertiary/aromatic N) is 1. The molecule has 152 valence electrons. The number of amides is 1. The minimum Gasteiger partial charge on any atom is -0.326 e. The molecule has 0 radical (unpaired) electrons. The summed E-state index contributed by atoms with van der Waals surface area (Å²) in [6.07, 6.45) is -6.58. The first-order valence-corrected chi connectivity index (χ1v) is 8.12. The summed E-state index contributed by atoms with van der Waals surface area (Å²) in [5, 5.41) is 0. The molecule has 9 heteroatoms. The van der Waals surface area contributed by atoms with Crippen LogP contribution in [0.5, 0.6) is 0 Å². The van der Waals surface area contributed by atoms with Gasteiger partial charge in [-0.05, 0) is 18.1 Å². The zero-order valence-corrected chi connectivity index (χ0v) is 14.6. The van der Waals surface area contributed by atoms with Crippen molar-refractivity contribution in [2.24, 2.45) is 0 Å². The molecule has 2 aromatic rings. The molecule has 0 fully saturated rings. The number of alkyl halides is 7. The molecule has 2 aromatic carbocycles. The van der Waals surface area contributed by atoms with Crippen molar-refractivity contribution >= 4 is 5.91 Å². The van der Waals surface area contributed by atoms with Gasteiger partial charge in [-0.1, -0.05) is 60.7 Å². The summed E-state index contributed by atoms with van der Waals surface area (Å²) in [5.74, 6) is -15.1. The van der Waals surface area contributed by atoms with Gasteiger partial charge < -0.3 is 4.90 Å². The van der Waals surface area contributed by atoms with Gasteiger partial charge in [0.25, 0.3) is 0 Å². The summed E-state index contributed by atoms with van der Waals surface area (Å²) in [7, 11) is 0. The zero-order chi connectivity index (χ0) is 21.2. The SMILES string of the molecule is CC(c1ccccc1)N(Cc1ccccc1)C(=O)C(F)(F)C(F)(F)C(F)(F)F. The predicted octanol–water partition coefficient (Wildman–Crippen LogP) is 5.61. The van der Waals surface area contributed by atoms with Gasteiger partial charge >= 0.3 is 23.9 Å². The lowest BCUT2D eigenvalue weighted by Crippen LogP contribution is -2.60. The van der Waals surface area contributed by atoms with Gasteiger partial charge in [0.05, 0.1) is 6.04 Å². The molecule has 0 aliphatic rings. The first kappa shape index (κ1) is 21.7. The van der Waals surface area contributed by atoms with Gasteiger partial charge in [-0.3, -0.25) is 4.79 Å². The number of carbonyl (C=O) groups is 1. The normalized spacial score (nSPS) is 13.9. The molecule has 0 aliphatic carbocycles. The van der Waals surface area contributed by atoms with Crippen molar-refractivity contribution in [3.8, 4) is 0 Å². The van der Waals surface area contributed by atoms with Crippen LogP contribution in [0.1, 0.15) is 24.1 Å². The van der Waals surface area contributed by atoms with Crippen molar-refractivity contribution in [1.82, 2.24) is 4.90 Å². The quantitative estimate of drug-likeness (QED) is 0.570. The van der Waals surface area contributed by atoms with Crippen LogP contribution in [0.25, 0.3) is 0 Å². The molecule has 1 unspecified atom stereocenters. The van der Waals surface area contributed by atoms with Gasteiger partial charge in [-0.15, -0.1) is 0 Å². The van der Waals surface area contributed by atoms with E-state index in [0.29, 0.717) is 16.0 Å². The fourth-order valence-corrected chi connectivity index (χ4v) is 2.57. The van der Waals surface area contributed by atoms with Gasteiger partial charge in [0.2, 0.25) is 0 Å². The highest BCUT2D eigenvalue weighted by Crippen LogP contribution is 2.48. The lowest BCUT2D eigenvalue weighted by atomic mass is 10.0. The molecule has 0 saturated heterocycles. The summed E-state index contributed by atoms with van der Waals surface area (Å²) in [4.78, 5) is 12.6. The molecule has 0 N–H and O–H groups in total. The van der Waals surface area contributed by atoms with Gasteiger partial charge in [-0.25, -0.2) is 0 Å². The molecule has 1 atom stereocenters. The Morgan fingerprint density at radius 2 is 1.32 bits per heavy atom. The molecule has 2 nitrogen and oxygen atoms in total. The summed E-state index contributed by atoms with van der Waals surface area (Å²) >= 11 is 0. The van der Waals surface area contributed by atoms with Crippen molar-refractivity contribution in [2.45, 2.75) is 37.5 Å². The molecular formula is C19H16F7NO. The van der Waals surface area contributed by atoms with Crippen molar-refractivity contribution in [3.05, 3.63) is 71.8 Å². The van der Waals surface area contributed by atoms with Crippen LogP contribution in [0.3, 0.4) is 0 Å². The lowest BCUT2D eigenvalue weighted by Gasteiger charge is -2.35. The Morgan fingerprint density at radius 1 is 0.857 bits per heavy atom. The van der Waals surface area contributed by atoms with Crippen molar-refractivity contribution < 1.29 is 35.5 Å². The summed E-state index contributed by atoms with van der Waals surface area (Å²) in [6, 6.07) is 13.9. The number of rotatable bonds is 6. The molecule has 0 aromatic heterocycles. The summed E-state index contributed by atoms with van der Waals surface area (Å²) in [6.45, 7) is 0.706. The summed E-state index contributed by atoms with van der Waals surface area (Å²) in [5.41, 5.74) is 0.600. The van der Waals surface area contributed by atoms with Crippen LogP contribution in [0.4, 0.5) is 30.7 Å². The van der Waals surface area contributed by atoms with Crippen LogP contribution >= 0.6 is 0 Å². The minimum atomic E-state index is -6.58. The van der Waals surface area contributed by atoms with E-state index in [1.807, 2.05) is 0 Å². The van der Waals surface area contributed by atoms with E-state index in [1.54, 1.807) is 12.1 Å². The van der Waals surface area contributed by atoms with Gasteiger partial charge in [0.15, 0.2) is 0 Å². The number of carbonyl (C=O) groups excluding carboxylic acids is 1. The highest BCUT2D eigenvalue weighted by atomic mass is 19.4. The van der Waals surface area contributed by atoms with Crippen LogP contribution in [-0.2, 0) is 11.3 Å². The van der Waals surface area contributed by atoms with Crippen LogP contribution in [-0.4, -0.2) is 28.8 Å². The van der Waals surface area contributed by atoms with Crippen LogP contribution in [0.15, 0.2) is 60.7 Å². The van der Waals surface area contributed by atoms with Gasteiger partial charge in [0.1, 0.15) is 0 Å². The summed E-state index contributed by atoms with van der Waals surface area (Å²) < 4.78 is 92.4. The monoisotopic (exact) mass is 407 g/mol. The third-order valence-electron chi connectivity index (χ3n) is 4.23. The van der Waals surface area contributed by atoms with E-state index in [1.165, 1.54) is 55.5 Å². The van der Waals surface area contributed by atoms with Crippen LogP contribution in [0.2, 0.25) is 0 Å². The Morgan fingerprint density at radius 3 is 1.79 bits per heavy atom. The van der Waals surface area contributed by atoms with E-state index in [9.17, 15) is 35.5 Å². The second-order valence-corrected chi connectivity index (χ2v) is 6.15. The molecule has 0 aliphatic heterocycles. The molecule has 0 saturated carbocycles. The molecule has 1 amide bonds. The van der Waals surface area contributed by atoms with E-state index in [2.05, 4.69) is 0 Å². The third kappa shape index (κ3) is 4.13. The van der Waals surface area contributed by atoms with Crippen molar-refractivity contribution in [2.75, 3.05) is 0 Å².